The third kappa shape index (κ3) is 5.00. The van der Waals surface area contributed by atoms with Gasteiger partial charge in [0.2, 0.25) is 0 Å². The van der Waals surface area contributed by atoms with Gasteiger partial charge in [0, 0.05) is 18.0 Å². The van der Waals surface area contributed by atoms with Crippen LogP contribution in [-0.2, 0) is 21.8 Å². The smallest absolute Gasteiger partial charge is 0.420 e. The molecule has 0 spiro atoms. The number of anilines is 2. The van der Waals surface area contributed by atoms with Gasteiger partial charge in [-0.15, -0.1) is 0 Å². The van der Waals surface area contributed by atoms with Gasteiger partial charge in [-0.3, -0.25) is 9.00 Å². The number of nitrogens with zero attached hydrogens (tertiary/aromatic N) is 1. The van der Waals surface area contributed by atoms with E-state index in [4.69, 9.17) is 4.74 Å². The van der Waals surface area contributed by atoms with Gasteiger partial charge in [0.05, 0.1) is 32.4 Å². The molecule has 0 aromatic heterocycles. The van der Waals surface area contributed by atoms with E-state index < -0.39 is 52.1 Å². The van der Waals surface area contributed by atoms with Crippen LogP contribution in [0.4, 0.5) is 28.9 Å². The average molecular weight is 459 g/mol. The van der Waals surface area contributed by atoms with Crippen molar-refractivity contribution in [1.29, 1.82) is 0 Å². The molecule has 168 valence electrons. The molecule has 1 unspecified atom stereocenters. The van der Waals surface area contributed by atoms with Crippen molar-refractivity contribution in [2.45, 2.75) is 31.3 Å². The Kier molecular flexibility index (Phi) is 6.31. The highest BCUT2D eigenvalue weighted by Crippen LogP contribution is 2.44. The third-order valence-corrected chi connectivity index (χ3v) is 6.40. The van der Waals surface area contributed by atoms with E-state index >= 15 is 0 Å². The number of carboxylic acid groups (broad SMARTS) is 1. The van der Waals surface area contributed by atoms with E-state index in [-0.39, 0.29) is 16.3 Å². The lowest BCUT2D eigenvalue weighted by Gasteiger charge is -2.27. The molecular formula is C21H21F4NO4S. The Balaban J connectivity index is 2.13. The Hall–Kier alpha value is -2.62. The van der Waals surface area contributed by atoms with Crippen molar-refractivity contribution in [3.8, 4) is 5.75 Å². The number of rotatable bonds is 5. The van der Waals surface area contributed by atoms with E-state index in [9.17, 15) is 31.7 Å². The monoisotopic (exact) mass is 459 g/mol. The molecule has 2 aromatic carbocycles. The summed E-state index contributed by atoms with van der Waals surface area (Å²) < 4.78 is 72.9. The number of hydrogen-bond donors (Lipinski definition) is 1. The molecule has 2 aromatic rings. The maximum atomic E-state index is 13.8. The number of carboxylic acids is 1. The molecule has 10 heteroatoms. The van der Waals surface area contributed by atoms with E-state index in [1.165, 1.54) is 38.1 Å². The third-order valence-electron chi connectivity index (χ3n) is 4.92. The summed E-state index contributed by atoms with van der Waals surface area (Å²) in [5.74, 6) is -2.05. The van der Waals surface area contributed by atoms with E-state index in [0.29, 0.717) is 18.7 Å². The van der Waals surface area contributed by atoms with Crippen LogP contribution in [0, 0.1) is 11.2 Å². The minimum absolute atomic E-state index is 0.0969. The summed E-state index contributed by atoms with van der Waals surface area (Å²) in [4.78, 5) is 13.0. The topological polar surface area (TPSA) is 66.8 Å². The Morgan fingerprint density at radius 2 is 1.84 bits per heavy atom. The molecule has 5 nitrogen and oxygen atoms in total. The van der Waals surface area contributed by atoms with Gasteiger partial charge in [-0.25, -0.2) is 4.39 Å². The fourth-order valence-corrected chi connectivity index (χ4v) is 4.33. The Morgan fingerprint density at radius 1 is 1.19 bits per heavy atom. The number of fused-ring (bicyclic) bond motifs is 1. The highest BCUT2D eigenvalue weighted by molar-refractivity contribution is 7.85. The molecule has 0 saturated heterocycles. The highest BCUT2D eigenvalue weighted by atomic mass is 32.2. The van der Waals surface area contributed by atoms with E-state index in [2.05, 4.69) is 0 Å². The standard InChI is InChI=1S/C21H21F4NO4S/c1-20(2,19(27)28)12-30-17-11-18-16(10-15(17)21(23,24)25)26(8-3-9-31(18)29)14-6-4-13(22)5-7-14/h4-7,10-11H,3,8-9,12H2,1-2H3,(H,27,28). The van der Waals surface area contributed by atoms with Crippen LogP contribution in [0.15, 0.2) is 41.3 Å². The predicted molar refractivity (Wildman–Crippen MR) is 108 cm³/mol. The second-order valence-electron chi connectivity index (χ2n) is 7.82. The molecule has 0 amide bonds. The van der Waals surface area contributed by atoms with Crippen LogP contribution >= 0.6 is 0 Å². The summed E-state index contributed by atoms with van der Waals surface area (Å²) in [6.45, 7) is 2.47. The van der Waals surface area contributed by atoms with Crippen LogP contribution in [-0.4, -0.2) is 34.2 Å². The molecule has 1 aliphatic heterocycles. The van der Waals surface area contributed by atoms with Crippen molar-refractivity contribution in [3.63, 3.8) is 0 Å². The number of aliphatic carboxylic acids is 1. The lowest BCUT2D eigenvalue weighted by atomic mass is 9.95. The highest BCUT2D eigenvalue weighted by Gasteiger charge is 2.38. The van der Waals surface area contributed by atoms with Gasteiger partial charge in [-0.1, -0.05) is 0 Å². The van der Waals surface area contributed by atoms with Crippen molar-refractivity contribution in [2.24, 2.45) is 5.41 Å². The van der Waals surface area contributed by atoms with Crippen LogP contribution in [0.2, 0.25) is 0 Å². The molecule has 0 radical (unpaired) electrons. The summed E-state index contributed by atoms with van der Waals surface area (Å²) in [5, 5.41) is 9.22. The number of carbonyl (C=O) groups is 1. The normalized spacial score (nSPS) is 17.1. The Labute approximate surface area is 179 Å². The lowest BCUT2D eigenvalue weighted by molar-refractivity contribution is -0.148. The molecule has 1 heterocycles. The number of hydrogen-bond acceptors (Lipinski definition) is 4. The summed E-state index contributed by atoms with van der Waals surface area (Å²) in [5.41, 5.74) is -1.96. The largest absolute Gasteiger partial charge is 0.492 e. The fraction of sp³-hybridized carbons (Fsp3) is 0.381. The molecular weight excluding hydrogens is 438 g/mol. The van der Waals surface area contributed by atoms with Crippen LogP contribution in [0.5, 0.6) is 5.75 Å². The van der Waals surface area contributed by atoms with Crippen LogP contribution < -0.4 is 9.64 Å². The first kappa shape index (κ1) is 23.1. The van der Waals surface area contributed by atoms with Crippen molar-refractivity contribution >= 4 is 28.1 Å². The molecule has 0 fully saturated rings. The lowest BCUT2D eigenvalue weighted by Crippen LogP contribution is -2.31. The van der Waals surface area contributed by atoms with Gasteiger partial charge in [0.25, 0.3) is 0 Å². The van der Waals surface area contributed by atoms with Gasteiger partial charge < -0.3 is 14.7 Å². The first-order valence-corrected chi connectivity index (χ1v) is 10.7. The zero-order chi connectivity index (χ0) is 23.0. The van der Waals surface area contributed by atoms with Gasteiger partial charge in [-0.05, 0) is 56.7 Å². The quantitative estimate of drug-likeness (QED) is 0.639. The van der Waals surface area contributed by atoms with Crippen molar-refractivity contribution < 1.29 is 36.4 Å². The first-order valence-electron chi connectivity index (χ1n) is 9.43. The zero-order valence-corrected chi connectivity index (χ0v) is 17.6. The number of halogens is 4. The van der Waals surface area contributed by atoms with Crippen LogP contribution in [0.3, 0.4) is 0 Å². The number of ether oxygens (including phenoxy) is 1. The SMILES string of the molecule is CC(C)(COc1cc2c(cc1C(F)(F)F)N(c1ccc(F)cc1)CCCS2=O)C(=O)O. The molecule has 3 rings (SSSR count). The molecule has 1 atom stereocenters. The van der Waals surface area contributed by atoms with Crippen molar-refractivity contribution in [3.05, 3.63) is 47.8 Å². The van der Waals surface area contributed by atoms with E-state index in [0.717, 1.165) is 12.1 Å². The summed E-state index contributed by atoms with van der Waals surface area (Å²) in [6.07, 6.45) is -4.34. The molecule has 1 aliphatic rings. The summed E-state index contributed by atoms with van der Waals surface area (Å²) >= 11 is 0. The zero-order valence-electron chi connectivity index (χ0n) is 16.8. The summed E-state index contributed by atoms with van der Waals surface area (Å²) in [6, 6.07) is 7.24. The Bertz CT molecular complexity index is 1010. The molecule has 0 saturated carbocycles. The second kappa shape index (κ2) is 8.49. The number of benzene rings is 2. The summed E-state index contributed by atoms with van der Waals surface area (Å²) in [7, 11) is -1.59. The fourth-order valence-electron chi connectivity index (χ4n) is 3.08. The first-order chi connectivity index (χ1) is 14.4. The van der Waals surface area contributed by atoms with Crippen LogP contribution in [0.1, 0.15) is 25.8 Å². The minimum Gasteiger partial charge on any atom is -0.492 e. The van der Waals surface area contributed by atoms with Crippen molar-refractivity contribution in [2.75, 3.05) is 23.8 Å². The van der Waals surface area contributed by atoms with Gasteiger partial charge in [-0.2, -0.15) is 13.2 Å². The predicted octanol–water partition coefficient (Wildman–Crippen LogP) is 4.98. The molecule has 31 heavy (non-hydrogen) atoms. The van der Waals surface area contributed by atoms with Gasteiger partial charge in [0.15, 0.2) is 0 Å². The Morgan fingerprint density at radius 3 is 2.42 bits per heavy atom. The molecule has 0 bridgehead atoms. The van der Waals surface area contributed by atoms with E-state index in [1.54, 1.807) is 4.90 Å². The maximum absolute atomic E-state index is 13.8. The van der Waals surface area contributed by atoms with Crippen molar-refractivity contribution in [1.82, 2.24) is 0 Å². The number of alkyl halides is 3. The minimum atomic E-state index is -4.79. The van der Waals surface area contributed by atoms with E-state index in [1.807, 2.05) is 0 Å². The van der Waals surface area contributed by atoms with Gasteiger partial charge >= 0.3 is 12.1 Å². The molecule has 0 aliphatic carbocycles. The second-order valence-corrected chi connectivity index (χ2v) is 9.36. The van der Waals surface area contributed by atoms with Crippen LogP contribution in [0.25, 0.3) is 0 Å². The average Bonchev–Trinajstić information content (AvgIpc) is 2.84. The maximum Gasteiger partial charge on any atom is 0.420 e. The molecule has 1 N–H and O–H groups in total. The van der Waals surface area contributed by atoms with Gasteiger partial charge in [0.1, 0.15) is 18.2 Å².